The number of amides is 1. The zero-order chi connectivity index (χ0) is 26.2. The standard InChI is InChI=1S/C26H30FN5O4S.H2/c1-18-16-25(36-28-18)29-37(34,35)23-8-6-22(7-9-23)30-12-14-31(15-13-30)26(33)19(2)32-11-3-4-20-17-21(27)5-10-24(20)32;/h5-10,16-17,19,29H,3-4,11-15H2,1-2H3;1H/t19-;/m1./s1. The van der Waals surface area contributed by atoms with E-state index in [9.17, 15) is 17.6 Å². The number of sulfonamides is 1. The van der Waals surface area contributed by atoms with Crippen molar-refractivity contribution < 1.29 is 23.6 Å². The molecule has 1 N–H and O–H groups in total. The Morgan fingerprint density at radius 3 is 2.49 bits per heavy atom. The van der Waals surface area contributed by atoms with Gasteiger partial charge in [-0.2, -0.15) is 0 Å². The van der Waals surface area contributed by atoms with Crippen LogP contribution in [-0.2, 0) is 21.2 Å². The number of nitrogens with one attached hydrogen (secondary N) is 1. The van der Waals surface area contributed by atoms with Crippen LogP contribution in [0.4, 0.5) is 21.6 Å². The molecular formula is C26H32FN5O4S. The number of hydrogen-bond acceptors (Lipinski definition) is 7. The lowest BCUT2D eigenvalue weighted by Crippen LogP contribution is -2.55. The Balaban J connectivity index is 0.00000336. The number of carbonyl (C=O) groups is 1. The van der Waals surface area contributed by atoms with Crippen LogP contribution in [0.5, 0.6) is 0 Å². The molecule has 3 aromatic rings. The summed E-state index contributed by atoms with van der Waals surface area (Å²) in [6, 6.07) is 12.6. The van der Waals surface area contributed by atoms with Crippen molar-refractivity contribution in [3.8, 4) is 0 Å². The van der Waals surface area contributed by atoms with Crippen LogP contribution in [-0.4, -0.2) is 63.1 Å². The second kappa shape index (κ2) is 10.0. The number of halogens is 1. The number of nitrogens with zero attached hydrogens (tertiary/aromatic N) is 4. The van der Waals surface area contributed by atoms with Crippen molar-refractivity contribution in [2.75, 3.05) is 47.2 Å². The van der Waals surface area contributed by atoms with Gasteiger partial charge in [0.2, 0.25) is 11.8 Å². The van der Waals surface area contributed by atoms with Gasteiger partial charge in [-0.3, -0.25) is 4.79 Å². The third kappa shape index (κ3) is 5.27. The summed E-state index contributed by atoms with van der Waals surface area (Å²) in [5.41, 5.74) is 3.36. The number of anilines is 3. The molecule has 1 amide bonds. The summed E-state index contributed by atoms with van der Waals surface area (Å²) in [5.74, 6) is -0.119. The number of benzene rings is 2. The average Bonchev–Trinajstić information content (AvgIpc) is 3.31. The molecule has 198 valence electrons. The predicted octanol–water partition coefficient (Wildman–Crippen LogP) is 3.66. The van der Waals surface area contributed by atoms with Gasteiger partial charge in [0.05, 0.1) is 10.6 Å². The van der Waals surface area contributed by atoms with E-state index in [1.165, 1.54) is 12.1 Å². The second-order valence-corrected chi connectivity index (χ2v) is 11.2. The molecule has 0 unspecified atom stereocenters. The van der Waals surface area contributed by atoms with Gasteiger partial charge < -0.3 is 19.2 Å². The number of piperazine rings is 1. The minimum absolute atomic E-state index is 0. The van der Waals surface area contributed by atoms with E-state index in [0.717, 1.165) is 36.3 Å². The van der Waals surface area contributed by atoms with E-state index in [0.29, 0.717) is 31.9 Å². The molecule has 1 fully saturated rings. The Kier molecular flexibility index (Phi) is 6.80. The van der Waals surface area contributed by atoms with E-state index in [4.69, 9.17) is 4.52 Å². The van der Waals surface area contributed by atoms with Gasteiger partial charge >= 0.3 is 0 Å². The van der Waals surface area contributed by atoms with Crippen molar-refractivity contribution in [3.05, 3.63) is 65.6 Å². The summed E-state index contributed by atoms with van der Waals surface area (Å²) >= 11 is 0. The van der Waals surface area contributed by atoms with Crippen LogP contribution in [0, 0.1) is 12.7 Å². The van der Waals surface area contributed by atoms with Gasteiger partial charge in [-0.15, -0.1) is 0 Å². The number of aryl methyl sites for hydroxylation is 2. The number of aromatic nitrogens is 1. The third-order valence-corrected chi connectivity index (χ3v) is 8.35. The van der Waals surface area contributed by atoms with Gasteiger partial charge in [0, 0.05) is 51.6 Å². The highest BCUT2D eigenvalue weighted by Crippen LogP contribution is 2.30. The molecular weight excluding hydrogens is 497 g/mol. The first-order valence-corrected chi connectivity index (χ1v) is 13.8. The van der Waals surface area contributed by atoms with Crippen LogP contribution in [0.1, 0.15) is 26.0 Å². The van der Waals surface area contributed by atoms with E-state index in [1.807, 2.05) is 11.8 Å². The van der Waals surface area contributed by atoms with E-state index in [2.05, 4.69) is 19.7 Å². The first-order chi connectivity index (χ1) is 17.7. The van der Waals surface area contributed by atoms with Gasteiger partial charge in [0.25, 0.3) is 10.0 Å². The van der Waals surface area contributed by atoms with Crippen molar-refractivity contribution >= 4 is 33.2 Å². The third-order valence-electron chi connectivity index (χ3n) is 6.99. The van der Waals surface area contributed by atoms with Gasteiger partial charge in [-0.1, -0.05) is 5.16 Å². The summed E-state index contributed by atoms with van der Waals surface area (Å²) in [4.78, 5) is 19.5. The zero-order valence-corrected chi connectivity index (χ0v) is 21.7. The van der Waals surface area contributed by atoms with Gasteiger partial charge in [-0.05, 0) is 74.7 Å². The summed E-state index contributed by atoms with van der Waals surface area (Å²) in [5, 5.41) is 3.69. The maximum absolute atomic E-state index is 13.7. The van der Waals surface area contributed by atoms with E-state index < -0.39 is 10.0 Å². The minimum Gasteiger partial charge on any atom is -0.368 e. The van der Waals surface area contributed by atoms with Crippen LogP contribution in [0.25, 0.3) is 0 Å². The molecule has 0 spiro atoms. The first-order valence-electron chi connectivity index (χ1n) is 12.4. The Bertz CT molecular complexity index is 1390. The molecule has 2 aliphatic rings. The minimum atomic E-state index is -3.79. The molecule has 0 bridgehead atoms. The van der Waals surface area contributed by atoms with Crippen molar-refractivity contribution in [2.24, 2.45) is 0 Å². The van der Waals surface area contributed by atoms with Crippen LogP contribution < -0.4 is 14.5 Å². The normalized spacial score (nSPS) is 16.9. The molecule has 0 saturated carbocycles. The highest BCUT2D eigenvalue weighted by atomic mass is 32.2. The number of hydrogen-bond donors (Lipinski definition) is 1. The molecule has 1 saturated heterocycles. The highest BCUT2D eigenvalue weighted by molar-refractivity contribution is 7.92. The first kappa shape index (κ1) is 25.1. The lowest BCUT2D eigenvalue weighted by atomic mass is 9.99. The highest BCUT2D eigenvalue weighted by Gasteiger charge is 2.31. The lowest BCUT2D eigenvalue weighted by molar-refractivity contribution is -0.132. The fourth-order valence-corrected chi connectivity index (χ4v) is 5.99. The topological polar surface area (TPSA) is 99.0 Å². The van der Waals surface area contributed by atoms with E-state index >= 15 is 0 Å². The number of carbonyl (C=O) groups excluding carboxylic acids is 1. The monoisotopic (exact) mass is 529 g/mol. The Hall–Kier alpha value is -3.60. The van der Waals surface area contributed by atoms with E-state index in [-0.39, 0.29) is 30.0 Å². The maximum atomic E-state index is 13.7. The fraction of sp³-hybridized carbons (Fsp3) is 0.385. The smallest absolute Gasteiger partial charge is 0.264 e. The zero-order valence-electron chi connectivity index (χ0n) is 20.9. The molecule has 3 heterocycles. The van der Waals surface area contributed by atoms with Crippen LogP contribution in [0.3, 0.4) is 0 Å². The lowest BCUT2D eigenvalue weighted by Gasteiger charge is -2.41. The van der Waals surface area contributed by atoms with Crippen LogP contribution in [0.2, 0.25) is 0 Å². The Morgan fingerprint density at radius 2 is 1.81 bits per heavy atom. The predicted molar refractivity (Wildman–Crippen MR) is 141 cm³/mol. The number of fused-ring (bicyclic) bond motifs is 1. The molecule has 0 radical (unpaired) electrons. The molecule has 1 atom stereocenters. The molecule has 11 heteroatoms. The second-order valence-electron chi connectivity index (χ2n) is 9.49. The SMILES string of the molecule is Cc1cc(NS(=O)(=O)c2ccc(N3CCN(C(=O)[C@@H](C)N4CCCc5cc(F)ccc54)CC3)cc2)on1.[HH]. The Labute approximate surface area is 217 Å². The van der Waals surface area contributed by atoms with Gasteiger partial charge in [0.1, 0.15) is 11.9 Å². The molecule has 1 aromatic heterocycles. The van der Waals surface area contributed by atoms with Crippen molar-refractivity contribution in [1.29, 1.82) is 0 Å². The molecule has 0 aliphatic carbocycles. The van der Waals surface area contributed by atoms with E-state index in [1.54, 1.807) is 43.3 Å². The molecule has 2 aliphatic heterocycles. The molecule has 37 heavy (non-hydrogen) atoms. The number of rotatable bonds is 6. The van der Waals surface area contributed by atoms with Gasteiger partial charge in [-0.25, -0.2) is 17.5 Å². The molecule has 9 nitrogen and oxygen atoms in total. The van der Waals surface area contributed by atoms with Gasteiger partial charge in [0.15, 0.2) is 0 Å². The Morgan fingerprint density at radius 1 is 1.08 bits per heavy atom. The summed E-state index contributed by atoms with van der Waals surface area (Å²) < 4.78 is 46.3. The fourth-order valence-electron chi connectivity index (χ4n) is 5.02. The molecule has 2 aromatic carbocycles. The van der Waals surface area contributed by atoms with Crippen LogP contribution >= 0.6 is 0 Å². The quantitative estimate of drug-likeness (QED) is 0.520. The maximum Gasteiger partial charge on any atom is 0.264 e. The summed E-state index contributed by atoms with van der Waals surface area (Å²) in [7, 11) is -3.79. The van der Waals surface area contributed by atoms with Crippen LogP contribution in [0.15, 0.2) is 57.9 Å². The largest absolute Gasteiger partial charge is 0.368 e. The van der Waals surface area contributed by atoms with Crippen molar-refractivity contribution in [1.82, 2.24) is 10.1 Å². The summed E-state index contributed by atoms with van der Waals surface area (Å²) in [6.07, 6.45) is 1.71. The van der Waals surface area contributed by atoms with Crippen molar-refractivity contribution in [2.45, 2.75) is 37.6 Å². The molecule has 5 rings (SSSR count). The van der Waals surface area contributed by atoms with Crippen molar-refractivity contribution in [3.63, 3.8) is 0 Å². The average molecular weight is 530 g/mol. The summed E-state index contributed by atoms with van der Waals surface area (Å²) in [6.45, 7) is 6.81.